The first-order valence-corrected chi connectivity index (χ1v) is 8.12. The number of rotatable bonds is 7. The van der Waals surface area contributed by atoms with Crippen molar-refractivity contribution in [3.8, 4) is 0 Å². The first-order valence-electron chi connectivity index (χ1n) is 8.12. The van der Waals surface area contributed by atoms with Gasteiger partial charge >= 0.3 is 6.03 Å². The number of anilines is 1. The Bertz CT molecular complexity index is 699. The Balaban J connectivity index is 1.84. The maximum absolute atomic E-state index is 12.0. The Kier molecular flexibility index (Phi) is 6.39. The van der Waals surface area contributed by atoms with Crippen LogP contribution in [-0.2, 0) is 11.2 Å². The Morgan fingerprint density at radius 2 is 1.68 bits per heavy atom. The van der Waals surface area contributed by atoms with Gasteiger partial charge in [0.05, 0.1) is 0 Å². The van der Waals surface area contributed by atoms with E-state index in [0.717, 1.165) is 11.3 Å². The minimum atomic E-state index is -0.847. The molecule has 2 rings (SSSR count). The van der Waals surface area contributed by atoms with E-state index in [-0.39, 0.29) is 0 Å². The molecule has 6 nitrogen and oxygen atoms in total. The summed E-state index contributed by atoms with van der Waals surface area (Å²) in [6.07, 6.45) is 0.702. The molecule has 0 aromatic heterocycles. The predicted octanol–water partition coefficient (Wildman–Crippen LogP) is 1.82. The van der Waals surface area contributed by atoms with Gasteiger partial charge in [0.15, 0.2) is 0 Å². The van der Waals surface area contributed by atoms with Gasteiger partial charge in [-0.05, 0) is 29.7 Å². The van der Waals surface area contributed by atoms with Gasteiger partial charge < -0.3 is 21.3 Å². The van der Waals surface area contributed by atoms with Crippen LogP contribution in [0.4, 0.5) is 10.5 Å². The van der Waals surface area contributed by atoms with Crippen LogP contribution in [0.3, 0.4) is 0 Å². The van der Waals surface area contributed by atoms with Crippen LogP contribution in [0.15, 0.2) is 54.6 Å². The summed E-state index contributed by atoms with van der Waals surface area (Å²) in [5.41, 5.74) is 8.30. The molecule has 1 unspecified atom stereocenters. The fraction of sp³-hybridized carbons (Fsp3) is 0.263. The SMILES string of the molecule is CN(C)c1ccc(CCNC(=O)NC(C(N)=O)c2ccccc2)cc1. The number of hydrogen-bond donors (Lipinski definition) is 3. The summed E-state index contributed by atoms with van der Waals surface area (Å²) in [5.74, 6) is -0.597. The highest BCUT2D eigenvalue weighted by atomic mass is 16.2. The normalized spacial score (nSPS) is 11.4. The maximum Gasteiger partial charge on any atom is 0.315 e. The minimum Gasteiger partial charge on any atom is -0.378 e. The lowest BCUT2D eigenvalue weighted by atomic mass is 10.1. The summed E-state index contributed by atoms with van der Waals surface area (Å²) in [6.45, 7) is 0.466. The molecule has 0 aliphatic heterocycles. The van der Waals surface area contributed by atoms with Crippen molar-refractivity contribution in [3.63, 3.8) is 0 Å². The molecule has 1 atom stereocenters. The quantitative estimate of drug-likeness (QED) is 0.718. The predicted molar refractivity (Wildman–Crippen MR) is 99.4 cm³/mol. The molecule has 0 bridgehead atoms. The third-order valence-electron chi connectivity index (χ3n) is 3.84. The monoisotopic (exact) mass is 340 g/mol. The number of amides is 3. The van der Waals surface area contributed by atoms with E-state index in [2.05, 4.69) is 10.6 Å². The van der Waals surface area contributed by atoms with E-state index in [1.165, 1.54) is 0 Å². The summed E-state index contributed by atoms with van der Waals surface area (Å²) in [5, 5.41) is 5.37. The van der Waals surface area contributed by atoms with E-state index in [9.17, 15) is 9.59 Å². The van der Waals surface area contributed by atoms with Crippen molar-refractivity contribution in [1.82, 2.24) is 10.6 Å². The molecule has 4 N–H and O–H groups in total. The number of benzene rings is 2. The number of urea groups is 1. The largest absolute Gasteiger partial charge is 0.378 e. The second kappa shape index (κ2) is 8.73. The number of hydrogen-bond acceptors (Lipinski definition) is 3. The van der Waals surface area contributed by atoms with Crippen molar-refractivity contribution in [1.29, 1.82) is 0 Å². The zero-order chi connectivity index (χ0) is 18.2. The zero-order valence-corrected chi connectivity index (χ0v) is 14.5. The average Bonchev–Trinajstić information content (AvgIpc) is 2.60. The van der Waals surface area contributed by atoms with Crippen LogP contribution in [0.5, 0.6) is 0 Å². The third-order valence-corrected chi connectivity index (χ3v) is 3.84. The van der Waals surface area contributed by atoms with Gasteiger partial charge in [0.1, 0.15) is 6.04 Å². The second-order valence-electron chi connectivity index (χ2n) is 5.96. The van der Waals surface area contributed by atoms with Crippen molar-refractivity contribution >= 4 is 17.6 Å². The van der Waals surface area contributed by atoms with Gasteiger partial charge in [0.25, 0.3) is 0 Å². The highest BCUT2D eigenvalue weighted by Gasteiger charge is 2.19. The molecule has 0 saturated carbocycles. The topological polar surface area (TPSA) is 87.5 Å². The van der Waals surface area contributed by atoms with Crippen LogP contribution in [0.1, 0.15) is 17.2 Å². The summed E-state index contributed by atoms with van der Waals surface area (Å²) in [6, 6.07) is 15.8. The van der Waals surface area contributed by atoms with Crippen LogP contribution in [0.2, 0.25) is 0 Å². The van der Waals surface area contributed by atoms with Gasteiger partial charge in [-0.2, -0.15) is 0 Å². The standard InChI is InChI=1S/C19H24N4O2/c1-23(2)16-10-8-14(9-11-16)12-13-21-19(25)22-17(18(20)24)15-6-4-3-5-7-15/h3-11,17H,12-13H2,1-2H3,(H2,20,24)(H2,21,22,25). The lowest BCUT2D eigenvalue weighted by molar-refractivity contribution is -0.119. The molecule has 0 spiro atoms. The molecular formula is C19H24N4O2. The van der Waals surface area contributed by atoms with Crippen molar-refractivity contribution in [2.75, 3.05) is 25.5 Å². The van der Waals surface area contributed by atoms with Crippen LogP contribution in [0.25, 0.3) is 0 Å². The average molecular weight is 340 g/mol. The van der Waals surface area contributed by atoms with Crippen molar-refractivity contribution in [2.24, 2.45) is 5.73 Å². The summed E-state index contributed by atoms with van der Waals surface area (Å²) in [7, 11) is 3.98. The summed E-state index contributed by atoms with van der Waals surface area (Å²) >= 11 is 0. The minimum absolute atomic E-state index is 0.419. The fourth-order valence-electron chi connectivity index (χ4n) is 2.43. The van der Waals surface area contributed by atoms with Crippen molar-refractivity contribution < 1.29 is 9.59 Å². The zero-order valence-electron chi connectivity index (χ0n) is 14.5. The fourth-order valence-corrected chi connectivity index (χ4v) is 2.43. The molecule has 0 radical (unpaired) electrons. The number of nitrogens with one attached hydrogen (secondary N) is 2. The molecule has 0 aliphatic carbocycles. The maximum atomic E-state index is 12.0. The highest BCUT2D eigenvalue weighted by molar-refractivity contribution is 5.86. The summed E-state index contributed by atoms with van der Waals surface area (Å²) in [4.78, 5) is 25.7. The molecule has 25 heavy (non-hydrogen) atoms. The Morgan fingerprint density at radius 3 is 2.24 bits per heavy atom. The summed E-state index contributed by atoms with van der Waals surface area (Å²) < 4.78 is 0. The Hall–Kier alpha value is -3.02. The molecule has 132 valence electrons. The van der Waals surface area contributed by atoms with Crippen molar-refractivity contribution in [3.05, 3.63) is 65.7 Å². The lowest BCUT2D eigenvalue weighted by Gasteiger charge is -2.16. The third kappa shape index (κ3) is 5.53. The Labute approximate surface area is 148 Å². The van der Waals surface area contributed by atoms with E-state index in [1.54, 1.807) is 24.3 Å². The molecule has 0 heterocycles. The van der Waals surface area contributed by atoms with Crippen LogP contribution in [0, 0.1) is 0 Å². The molecule has 0 saturated heterocycles. The molecule has 0 aliphatic rings. The van der Waals surface area contributed by atoms with E-state index in [1.807, 2.05) is 49.3 Å². The number of nitrogens with zero attached hydrogens (tertiary/aromatic N) is 1. The first-order chi connectivity index (χ1) is 12.0. The van der Waals surface area contributed by atoms with Gasteiger partial charge in [-0.25, -0.2) is 4.79 Å². The number of primary amides is 1. The van der Waals surface area contributed by atoms with Crippen LogP contribution in [-0.4, -0.2) is 32.6 Å². The van der Waals surface area contributed by atoms with Gasteiger partial charge in [0, 0.05) is 26.3 Å². The number of nitrogens with two attached hydrogens (primary N) is 1. The van der Waals surface area contributed by atoms with E-state index in [0.29, 0.717) is 18.5 Å². The van der Waals surface area contributed by atoms with Crippen LogP contribution >= 0.6 is 0 Å². The lowest BCUT2D eigenvalue weighted by Crippen LogP contribution is -2.43. The van der Waals surface area contributed by atoms with E-state index >= 15 is 0 Å². The number of carbonyl (C=O) groups excluding carboxylic acids is 2. The van der Waals surface area contributed by atoms with E-state index in [4.69, 9.17) is 5.73 Å². The van der Waals surface area contributed by atoms with E-state index < -0.39 is 18.0 Å². The Morgan fingerprint density at radius 1 is 1.04 bits per heavy atom. The van der Waals surface area contributed by atoms with Gasteiger partial charge in [-0.3, -0.25) is 4.79 Å². The molecule has 2 aromatic rings. The molecule has 2 aromatic carbocycles. The smallest absolute Gasteiger partial charge is 0.315 e. The van der Waals surface area contributed by atoms with Gasteiger partial charge in [0.2, 0.25) is 5.91 Å². The molecule has 3 amide bonds. The second-order valence-corrected chi connectivity index (χ2v) is 5.96. The first kappa shape index (κ1) is 18.3. The number of carbonyl (C=O) groups is 2. The van der Waals surface area contributed by atoms with Gasteiger partial charge in [-0.1, -0.05) is 42.5 Å². The molecule has 0 fully saturated rings. The highest BCUT2D eigenvalue weighted by Crippen LogP contribution is 2.13. The molecular weight excluding hydrogens is 316 g/mol. The molecule has 6 heteroatoms. The van der Waals surface area contributed by atoms with Crippen LogP contribution < -0.4 is 21.3 Å². The van der Waals surface area contributed by atoms with Gasteiger partial charge in [-0.15, -0.1) is 0 Å². The van der Waals surface area contributed by atoms with Crippen molar-refractivity contribution in [2.45, 2.75) is 12.5 Å².